The van der Waals surface area contributed by atoms with Gasteiger partial charge in [-0.3, -0.25) is 0 Å². The molecule has 0 aliphatic heterocycles. The summed E-state index contributed by atoms with van der Waals surface area (Å²) in [5.74, 6) is 1.60. The predicted molar refractivity (Wildman–Crippen MR) is 84.7 cm³/mol. The Morgan fingerprint density at radius 3 is 2.35 bits per heavy atom. The molecule has 0 saturated heterocycles. The first kappa shape index (κ1) is 14.9. The summed E-state index contributed by atoms with van der Waals surface area (Å²) in [6, 6.07) is 14.0. The zero-order valence-corrected chi connectivity index (χ0v) is 12.7. The molecule has 0 atom stereocenters. The molecule has 0 saturated carbocycles. The lowest BCUT2D eigenvalue weighted by molar-refractivity contribution is 0.482. The molecule has 0 fully saturated rings. The summed E-state index contributed by atoms with van der Waals surface area (Å²) in [5.41, 5.74) is 2.40. The van der Waals surface area contributed by atoms with Crippen molar-refractivity contribution in [3.63, 3.8) is 0 Å². The summed E-state index contributed by atoms with van der Waals surface area (Å²) in [6.07, 6.45) is 2.26. The van der Waals surface area contributed by atoms with E-state index in [4.69, 9.17) is 16.3 Å². The Morgan fingerprint density at radius 2 is 1.75 bits per heavy atom. The molecule has 0 radical (unpaired) electrons. The van der Waals surface area contributed by atoms with Crippen molar-refractivity contribution >= 4 is 11.6 Å². The molecule has 0 bridgehead atoms. The predicted octanol–water partition coefficient (Wildman–Crippen LogP) is 4.80. The van der Waals surface area contributed by atoms with Crippen LogP contribution in [0.5, 0.6) is 11.5 Å². The van der Waals surface area contributed by atoms with E-state index in [0.29, 0.717) is 0 Å². The molecule has 3 heteroatoms. The lowest BCUT2D eigenvalue weighted by atomic mass is 10.1. The van der Waals surface area contributed by atoms with E-state index < -0.39 is 0 Å². The number of hydrogen-bond donors (Lipinski definition) is 1. The topological polar surface area (TPSA) is 21.3 Å². The molecule has 0 aliphatic carbocycles. The van der Waals surface area contributed by atoms with Crippen LogP contribution >= 0.6 is 11.6 Å². The van der Waals surface area contributed by atoms with Crippen molar-refractivity contribution in [2.45, 2.75) is 26.3 Å². The highest BCUT2D eigenvalue weighted by Crippen LogP contribution is 2.27. The van der Waals surface area contributed by atoms with E-state index in [0.717, 1.165) is 41.5 Å². The average Bonchev–Trinajstić information content (AvgIpc) is 2.44. The van der Waals surface area contributed by atoms with Crippen LogP contribution in [-0.4, -0.2) is 7.05 Å². The second-order valence-electron chi connectivity index (χ2n) is 4.78. The van der Waals surface area contributed by atoms with Gasteiger partial charge in [0.1, 0.15) is 11.5 Å². The number of ether oxygens (including phenoxy) is 1. The quantitative estimate of drug-likeness (QED) is 0.824. The Morgan fingerprint density at radius 1 is 1.05 bits per heavy atom. The Kier molecular flexibility index (Phi) is 5.45. The zero-order valence-electron chi connectivity index (χ0n) is 11.9. The van der Waals surface area contributed by atoms with Gasteiger partial charge in [0, 0.05) is 11.6 Å². The molecule has 0 aromatic heterocycles. The molecule has 2 aromatic carbocycles. The van der Waals surface area contributed by atoms with Crippen LogP contribution in [0.15, 0.2) is 42.5 Å². The van der Waals surface area contributed by atoms with Crippen LogP contribution in [-0.2, 0) is 13.0 Å². The molecule has 2 aromatic rings. The van der Waals surface area contributed by atoms with Gasteiger partial charge >= 0.3 is 0 Å². The molecule has 0 spiro atoms. The van der Waals surface area contributed by atoms with Gasteiger partial charge in [-0.25, -0.2) is 0 Å². The first-order chi connectivity index (χ1) is 9.72. The molecule has 0 heterocycles. The lowest BCUT2D eigenvalue weighted by Crippen LogP contribution is -2.05. The van der Waals surface area contributed by atoms with Gasteiger partial charge in [0.15, 0.2) is 0 Å². The Hall–Kier alpha value is -1.51. The molecule has 2 rings (SSSR count). The molecule has 0 unspecified atom stereocenters. The first-order valence-electron chi connectivity index (χ1n) is 6.92. The van der Waals surface area contributed by atoms with E-state index in [1.165, 1.54) is 5.56 Å². The molecular formula is C17H20ClNO. The van der Waals surface area contributed by atoms with Crippen LogP contribution in [0.1, 0.15) is 24.5 Å². The highest BCUT2D eigenvalue weighted by Gasteiger charge is 2.03. The Labute approximate surface area is 125 Å². The minimum Gasteiger partial charge on any atom is -0.457 e. The van der Waals surface area contributed by atoms with E-state index in [2.05, 4.69) is 24.4 Å². The molecule has 0 aliphatic rings. The minimum atomic E-state index is 0.722. The average molecular weight is 290 g/mol. The molecule has 106 valence electrons. The van der Waals surface area contributed by atoms with E-state index >= 15 is 0 Å². The number of benzene rings is 2. The summed E-state index contributed by atoms with van der Waals surface area (Å²) >= 11 is 6.22. The third-order valence-corrected chi connectivity index (χ3v) is 3.44. The summed E-state index contributed by atoms with van der Waals surface area (Å²) < 4.78 is 5.82. The van der Waals surface area contributed by atoms with Crippen molar-refractivity contribution < 1.29 is 4.74 Å². The maximum Gasteiger partial charge on any atom is 0.128 e. The van der Waals surface area contributed by atoms with Gasteiger partial charge in [0.05, 0.1) is 0 Å². The van der Waals surface area contributed by atoms with E-state index in [1.807, 2.05) is 37.4 Å². The smallest absolute Gasteiger partial charge is 0.128 e. The number of aryl methyl sites for hydroxylation is 1. The first-order valence-corrected chi connectivity index (χ1v) is 7.30. The second-order valence-corrected chi connectivity index (χ2v) is 5.19. The Balaban J connectivity index is 2.07. The van der Waals surface area contributed by atoms with E-state index in [-0.39, 0.29) is 0 Å². The van der Waals surface area contributed by atoms with Gasteiger partial charge in [-0.1, -0.05) is 43.1 Å². The monoisotopic (exact) mass is 289 g/mol. The number of nitrogens with one attached hydrogen (secondary N) is 1. The van der Waals surface area contributed by atoms with Gasteiger partial charge in [0.25, 0.3) is 0 Å². The zero-order chi connectivity index (χ0) is 14.4. The fourth-order valence-corrected chi connectivity index (χ4v) is 2.31. The van der Waals surface area contributed by atoms with Crippen LogP contribution in [0.3, 0.4) is 0 Å². The van der Waals surface area contributed by atoms with Crippen molar-refractivity contribution in [1.29, 1.82) is 0 Å². The fraction of sp³-hybridized carbons (Fsp3) is 0.294. The number of halogens is 1. The third kappa shape index (κ3) is 3.99. The van der Waals surface area contributed by atoms with E-state index in [1.54, 1.807) is 0 Å². The van der Waals surface area contributed by atoms with Gasteiger partial charge in [0.2, 0.25) is 0 Å². The summed E-state index contributed by atoms with van der Waals surface area (Å²) in [5, 5.41) is 3.81. The SMILES string of the molecule is CCCc1ccc(Oc2ccc(CNC)c(Cl)c2)cc1. The molecule has 2 nitrogen and oxygen atoms in total. The highest BCUT2D eigenvalue weighted by molar-refractivity contribution is 6.31. The lowest BCUT2D eigenvalue weighted by Gasteiger charge is -2.09. The summed E-state index contributed by atoms with van der Waals surface area (Å²) in [7, 11) is 1.90. The largest absolute Gasteiger partial charge is 0.457 e. The van der Waals surface area contributed by atoms with Crippen LogP contribution in [0.4, 0.5) is 0 Å². The van der Waals surface area contributed by atoms with Crippen LogP contribution in [0.2, 0.25) is 5.02 Å². The molecule has 0 amide bonds. The van der Waals surface area contributed by atoms with Gasteiger partial charge in [-0.2, -0.15) is 0 Å². The van der Waals surface area contributed by atoms with Crippen molar-refractivity contribution in [3.05, 3.63) is 58.6 Å². The normalized spacial score (nSPS) is 10.6. The van der Waals surface area contributed by atoms with Crippen LogP contribution in [0, 0.1) is 0 Å². The van der Waals surface area contributed by atoms with Crippen molar-refractivity contribution in [3.8, 4) is 11.5 Å². The highest BCUT2D eigenvalue weighted by atomic mass is 35.5. The van der Waals surface area contributed by atoms with E-state index in [9.17, 15) is 0 Å². The van der Waals surface area contributed by atoms with Gasteiger partial charge in [-0.15, -0.1) is 0 Å². The Bertz CT molecular complexity index is 551. The van der Waals surface area contributed by atoms with Crippen LogP contribution in [0.25, 0.3) is 0 Å². The van der Waals surface area contributed by atoms with Crippen LogP contribution < -0.4 is 10.1 Å². The number of hydrogen-bond acceptors (Lipinski definition) is 2. The number of rotatable bonds is 6. The minimum absolute atomic E-state index is 0.722. The van der Waals surface area contributed by atoms with Gasteiger partial charge in [-0.05, 0) is 48.9 Å². The molecule has 20 heavy (non-hydrogen) atoms. The van der Waals surface area contributed by atoms with Crippen molar-refractivity contribution in [1.82, 2.24) is 5.32 Å². The molecular weight excluding hydrogens is 270 g/mol. The second kappa shape index (κ2) is 7.32. The van der Waals surface area contributed by atoms with Crippen molar-refractivity contribution in [2.75, 3.05) is 7.05 Å². The maximum absolute atomic E-state index is 6.22. The standard InChI is InChI=1S/C17H20ClNO/c1-3-4-13-5-8-15(9-6-13)20-16-10-7-14(12-19-2)17(18)11-16/h5-11,19H,3-4,12H2,1-2H3. The van der Waals surface area contributed by atoms with Crippen molar-refractivity contribution in [2.24, 2.45) is 0 Å². The maximum atomic E-state index is 6.22. The summed E-state index contributed by atoms with van der Waals surface area (Å²) in [6.45, 7) is 2.93. The summed E-state index contributed by atoms with van der Waals surface area (Å²) in [4.78, 5) is 0. The van der Waals surface area contributed by atoms with Gasteiger partial charge < -0.3 is 10.1 Å². The third-order valence-electron chi connectivity index (χ3n) is 3.09. The molecule has 1 N–H and O–H groups in total. The fourth-order valence-electron chi connectivity index (χ4n) is 2.07.